The molecular formula is C18H20N6O4S-2. The van der Waals surface area contributed by atoms with E-state index in [0.717, 1.165) is 13.0 Å². The topological polar surface area (TPSA) is 126 Å². The van der Waals surface area contributed by atoms with E-state index in [9.17, 15) is 18.8 Å². The monoisotopic (exact) mass is 416 g/mol. The summed E-state index contributed by atoms with van der Waals surface area (Å²) in [5, 5.41) is 28.7. The third-order valence-corrected chi connectivity index (χ3v) is 6.63. The Bertz CT molecular complexity index is 1000. The highest BCUT2D eigenvalue weighted by Gasteiger charge is 2.25. The summed E-state index contributed by atoms with van der Waals surface area (Å²) in [4.78, 5) is 4.32. The summed E-state index contributed by atoms with van der Waals surface area (Å²) < 4.78 is 27.1. The van der Waals surface area contributed by atoms with Gasteiger partial charge in [0.05, 0.1) is 22.0 Å². The molecule has 2 aliphatic heterocycles. The lowest BCUT2D eigenvalue weighted by atomic mass is 10.2. The van der Waals surface area contributed by atoms with E-state index in [1.165, 1.54) is 40.7 Å². The SMILES string of the molecule is O=S(=O)(c1ccc(N=C2NN([O-])c3ccccc3N2[O-])cc1)N1CCCNCC1. The van der Waals surface area contributed by atoms with Crippen LogP contribution in [0.5, 0.6) is 0 Å². The molecule has 0 unspecified atom stereocenters. The number of anilines is 2. The molecule has 29 heavy (non-hydrogen) atoms. The molecule has 0 saturated carbocycles. The van der Waals surface area contributed by atoms with Crippen molar-refractivity contribution in [2.45, 2.75) is 11.3 Å². The van der Waals surface area contributed by atoms with Crippen molar-refractivity contribution in [1.82, 2.24) is 15.0 Å². The summed E-state index contributed by atoms with van der Waals surface area (Å²) in [6, 6.07) is 12.3. The number of hydrogen-bond acceptors (Lipinski definition) is 7. The Morgan fingerprint density at radius 2 is 1.66 bits per heavy atom. The molecule has 10 nitrogen and oxygen atoms in total. The Morgan fingerprint density at radius 1 is 0.931 bits per heavy atom. The van der Waals surface area contributed by atoms with Crippen LogP contribution in [0, 0.1) is 10.4 Å². The maximum atomic E-state index is 12.8. The van der Waals surface area contributed by atoms with Crippen LogP contribution in [-0.4, -0.2) is 44.9 Å². The number of rotatable bonds is 3. The van der Waals surface area contributed by atoms with E-state index in [0.29, 0.717) is 35.6 Å². The minimum atomic E-state index is -3.60. The van der Waals surface area contributed by atoms with Crippen LogP contribution in [0.1, 0.15) is 6.42 Å². The molecule has 1 saturated heterocycles. The van der Waals surface area contributed by atoms with E-state index in [2.05, 4.69) is 15.7 Å². The number of aliphatic imine (C=N–C) groups is 1. The zero-order valence-corrected chi connectivity index (χ0v) is 16.3. The molecule has 0 atom stereocenters. The molecule has 11 heteroatoms. The third kappa shape index (κ3) is 3.91. The third-order valence-electron chi connectivity index (χ3n) is 4.72. The van der Waals surface area contributed by atoms with Gasteiger partial charge in [-0.1, -0.05) is 12.1 Å². The van der Waals surface area contributed by atoms with Crippen molar-refractivity contribution < 1.29 is 8.42 Å². The van der Waals surface area contributed by atoms with Crippen molar-refractivity contribution in [2.75, 3.05) is 36.4 Å². The van der Waals surface area contributed by atoms with Gasteiger partial charge in [-0.2, -0.15) is 4.31 Å². The summed E-state index contributed by atoms with van der Waals surface area (Å²) in [6.07, 6.45) is 0.753. The molecule has 1 fully saturated rings. The number of hydrogen-bond donors (Lipinski definition) is 2. The number of benzene rings is 2. The molecular weight excluding hydrogens is 396 g/mol. The standard InChI is InChI=1S/C18H20N6O4S/c25-23-16-4-1-2-5-17(16)24(26)21-18(23)20-14-6-8-15(9-7-14)29(27,28)22-12-3-10-19-11-13-22/h1-2,4-9,19H,3,10-13H2,(H,20,21)/q-2. The fourth-order valence-electron chi connectivity index (χ4n) is 3.21. The highest BCUT2D eigenvalue weighted by Crippen LogP contribution is 2.31. The fourth-order valence-corrected chi connectivity index (χ4v) is 4.69. The van der Waals surface area contributed by atoms with Crippen molar-refractivity contribution in [3.8, 4) is 0 Å². The zero-order chi connectivity index (χ0) is 20.4. The molecule has 0 radical (unpaired) electrons. The van der Waals surface area contributed by atoms with Crippen molar-refractivity contribution >= 4 is 33.0 Å². The van der Waals surface area contributed by atoms with Gasteiger partial charge in [0.15, 0.2) is 0 Å². The van der Waals surface area contributed by atoms with E-state index in [-0.39, 0.29) is 22.2 Å². The molecule has 0 bridgehead atoms. The van der Waals surface area contributed by atoms with Crippen molar-refractivity contribution in [3.05, 3.63) is 58.9 Å². The number of sulfonamides is 1. The predicted octanol–water partition coefficient (Wildman–Crippen LogP) is 1.48. The highest BCUT2D eigenvalue weighted by molar-refractivity contribution is 7.89. The van der Waals surface area contributed by atoms with Crippen LogP contribution in [0.2, 0.25) is 0 Å². The molecule has 0 aliphatic carbocycles. The Kier molecular flexibility index (Phi) is 5.39. The van der Waals surface area contributed by atoms with Crippen LogP contribution in [0.3, 0.4) is 0 Å². The lowest BCUT2D eigenvalue weighted by Crippen LogP contribution is -2.50. The van der Waals surface area contributed by atoms with E-state index >= 15 is 0 Å². The van der Waals surface area contributed by atoms with Crippen LogP contribution < -0.4 is 21.0 Å². The molecule has 4 rings (SSSR count). The van der Waals surface area contributed by atoms with Gasteiger partial charge in [0.1, 0.15) is 0 Å². The van der Waals surface area contributed by atoms with Gasteiger partial charge in [-0.05, 0) is 49.4 Å². The van der Waals surface area contributed by atoms with Crippen LogP contribution in [0.15, 0.2) is 58.4 Å². The average molecular weight is 416 g/mol. The molecule has 2 aromatic rings. The van der Waals surface area contributed by atoms with Crippen molar-refractivity contribution in [2.24, 2.45) is 4.99 Å². The summed E-state index contributed by atoms with van der Waals surface area (Å²) >= 11 is 0. The second-order valence-corrected chi connectivity index (χ2v) is 8.56. The first-order valence-corrected chi connectivity index (χ1v) is 10.6. The smallest absolute Gasteiger partial charge is 0.243 e. The average Bonchev–Trinajstić information content (AvgIpc) is 3.02. The van der Waals surface area contributed by atoms with Gasteiger partial charge in [-0.3, -0.25) is 5.43 Å². The number of nitrogens with zero attached hydrogens (tertiary/aromatic N) is 4. The minimum Gasteiger partial charge on any atom is -0.752 e. The summed E-state index contributed by atoms with van der Waals surface area (Å²) in [6.45, 7) is 2.29. The maximum absolute atomic E-state index is 12.8. The minimum absolute atomic E-state index is 0.162. The van der Waals surface area contributed by atoms with Gasteiger partial charge in [0.25, 0.3) is 0 Å². The Morgan fingerprint density at radius 3 is 2.41 bits per heavy atom. The highest BCUT2D eigenvalue weighted by atomic mass is 32.2. The van der Waals surface area contributed by atoms with Gasteiger partial charge in [-0.25, -0.2) is 13.4 Å². The van der Waals surface area contributed by atoms with E-state index in [4.69, 9.17) is 0 Å². The van der Waals surface area contributed by atoms with Crippen LogP contribution in [-0.2, 0) is 10.0 Å². The van der Waals surface area contributed by atoms with Crippen LogP contribution in [0.4, 0.5) is 17.1 Å². The largest absolute Gasteiger partial charge is 0.752 e. The summed E-state index contributed by atoms with van der Waals surface area (Å²) in [5.74, 6) is -0.201. The number of nitrogens with one attached hydrogen (secondary N) is 2. The second-order valence-electron chi connectivity index (χ2n) is 6.63. The van der Waals surface area contributed by atoms with Gasteiger partial charge < -0.3 is 26.0 Å². The Balaban J connectivity index is 1.57. The van der Waals surface area contributed by atoms with Crippen LogP contribution >= 0.6 is 0 Å². The quantitative estimate of drug-likeness (QED) is 0.771. The molecule has 2 heterocycles. The lowest BCUT2D eigenvalue weighted by molar-refractivity contribution is 0.432. The van der Waals surface area contributed by atoms with Gasteiger partial charge in [0, 0.05) is 19.6 Å². The van der Waals surface area contributed by atoms with Crippen molar-refractivity contribution in [3.63, 3.8) is 0 Å². The summed E-state index contributed by atoms with van der Waals surface area (Å²) in [5.41, 5.74) is 3.09. The normalized spacial score (nSPS) is 19.6. The van der Waals surface area contributed by atoms with Gasteiger partial charge in [-0.15, -0.1) is 0 Å². The Hall–Kier alpha value is -2.70. The van der Waals surface area contributed by atoms with E-state index in [1.807, 2.05) is 0 Å². The number of para-hydroxylation sites is 2. The second kappa shape index (κ2) is 7.97. The molecule has 154 valence electrons. The lowest BCUT2D eigenvalue weighted by Gasteiger charge is -2.46. The van der Waals surface area contributed by atoms with Gasteiger partial charge in [0.2, 0.25) is 16.0 Å². The first-order valence-electron chi connectivity index (χ1n) is 9.17. The van der Waals surface area contributed by atoms with Gasteiger partial charge >= 0.3 is 0 Å². The van der Waals surface area contributed by atoms with E-state index < -0.39 is 10.0 Å². The fraction of sp³-hybridized carbons (Fsp3) is 0.278. The summed E-state index contributed by atoms with van der Waals surface area (Å²) in [7, 11) is -3.60. The molecule has 2 aliphatic rings. The Labute approximate surface area is 168 Å². The van der Waals surface area contributed by atoms with Crippen molar-refractivity contribution in [1.29, 1.82) is 0 Å². The molecule has 0 spiro atoms. The number of hydroxylamine groups is 1. The molecule has 2 N–H and O–H groups in total. The van der Waals surface area contributed by atoms with E-state index in [1.54, 1.807) is 12.1 Å². The molecule has 0 aromatic heterocycles. The maximum Gasteiger partial charge on any atom is 0.243 e. The molecule has 0 amide bonds. The predicted molar refractivity (Wildman–Crippen MR) is 111 cm³/mol. The first kappa shape index (κ1) is 19.6. The number of fused-ring (bicyclic) bond motifs is 1. The number of hydrazine groups is 1. The first-order chi connectivity index (χ1) is 14.0. The number of guanidine groups is 1. The zero-order valence-electron chi connectivity index (χ0n) is 15.5. The van der Waals surface area contributed by atoms with Crippen LogP contribution in [0.25, 0.3) is 0 Å². The molecule has 2 aromatic carbocycles.